The highest BCUT2D eigenvalue weighted by atomic mass is 19.1. The predicted octanol–water partition coefficient (Wildman–Crippen LogP) is 2.48. The standard InChI is InChI=1S/C17H17FN2O/c18-15-8-12(10-19)7-13(9-15)11-20-6-5-14-3-1-2-4-16(14)17(20)21/h1-4,7-9H,5-6,10-11,19H2. The molecule has 0 bridgehead atoms. The number of halogens is 1. The molecule has 0 unspecified atom stereocenters. The van der Waals surface area contributed by atoms with Crippen LogP contribution in [0.5, 0.6) is 0 Å². The monoisotopic (exact) mass is 284 g/mol. The fraction of sp³-hybridized carbons (Fsp3) is 0.235. The van der Waals surface area contributed by atoms with E-state index in [1.807, 2.05) is 30.3 Å². The van der Waals surface area contributed by atoms with Crippen molar-refractivity contribution in [1.82, 2.24) is 4.90 Å². The molecule has 0 aliphatic carbocycles. The molecule has 0 radical (unpaired) electrons. The number of carbonyl (C=O) groups is 1. The Labute approximate surface area is 123 Å². The first-order valence-electron chi connectivity index (χ1n) is 7.03. The average molecular weight is 284 g/mol. The quantitative estimate of drug-likeness (QED) is 0.941. The Morgan fingerprint density at radius 2 is 1.90 bits per heavy atom. The van der Waals surface area contributed by atoms with E-state index in [0.29, 0.717) is 19.6 Å². The second-order valence-corrected chi connectivity index (χ2v) is 5.31. The summed E-state index contributed by atoms with van der Waals surface area (Å²) >= 11 is 0. The van der Waals surface area contributed by atoms with Crippen LogP contribution in [0.25, 0.3) is 0 Å². The summed E-state index contributed by atoms with van der Waals surface area (Å²) < 4.78 is 13.5. The second kappa shape index (κ2) is 5.66. The van der Waals surface area contributed by atoms with E-state index in [4.69, 9.17) is 5.73 Å². The second-order valence-electron chi connectivity index (χ2n) is 5.31. The molecule has 1 heterocycles. The van der Waals surface area contributed by atoms with Crippen LogP contribution in [-0.4, -0.2) is 17.4 Å². The highest BCUT2D eigenvalue weighted by Gasteiger charge is 2.23. The molecule has 0 saturated heterocycles. The van der Waals surface area contributed by atoms with E-state index in [9.17, 15) is 9.18 Å². The minimum absolute atomic E-state index is 0.00964. The lowest BCUT2D eigenvalue weighted by Gasteiger charge is -2.28. The van der Waals surface area contributed by atoms with Gasteiger partial charge in [0.05, 0.1) is 0 Å². The Morgan fingerprint density at radius 3 is 2.71 bits per heavy atom. The molecular formula is C17H17FN2O. The van der Waals surface area contributed by atoms with Crippen molar-refractivity contribution >= 4 is 5.91 Å². The number of amides is 1. The van der Waals surface area contributed by atoms with Crippen LogP contribution in [-0.2, 0) is 19.5 Å². The molecule has 108 valence electrons. The predicted molar refractivity (Wildman–Crippen MR) is 79.2 cm³/mol. The van der Waals surface area contributed by atoms with Gasteiger partial charge in [-0.3, -0.25) is 4.79 Å². The minimum Gasteiger partial charge on any atom is -0.334 e. The van der Waals surface area contributed by atoms with Gasteiger partial charge in [-0.05, 0) is 41.3 Å². The molecule has 1 aliphatic rings. The molecule has 2 N–H and O–H groups in total. The molecule has 2 aromatic rings. The lowest BCUT2D eigenvalue weighted by molar-refractivity contribution is 0.0727. The van der Waals surface area contributed by atoms with Crippen LogP contribution in [0, 0.1) is 5.82 Å². The molecule has 4 heteroatoms. The van der Waals surface area contributed by atoms with E-state index in [0.717, 1.165) is 28.7 Å². The Kier molecular flexibility index (Phi) is 3.71. The van der Waals surface area contributed by atoms with Gasteiger partial charge in [-0.25, -0.2) is 4.39 Å². The first-order chi connectivity index (χ1) is 10.2. The molecule has 0 saturated carbocycles. The molecule has 0 spiro atoms. The number of carbonyl (C=O) groups excluding carboxylic acids is 1. The third-order valence-electron chi connectivity index (χ3n) is 3.81. The Morgan fingerprint density at radius 1 is 1.14 bits per heavy atom. The van der Waals surface area contributed by atoms with Gasteiger partial charge >= 0.3 is 0 Å². The van der Waals surface area contributed by atoms with Crippen LogP contribution < -0.4 is 5.73 Å². The Balaban J connectivity index is 1.83. The fourth-order valence-corrected chi connectivity index (χ4v) is 2.77. The first-order valence-corrected chi connectivity index (χ1v) is 7.03. The third kappa shape index (κ3) is 2.81. The highest BCUT2D eigenvalue weighted by molar-refractivity contribution is 5.96. The van der Waals surface area contributed by atoms with Crippen LogP contribution in [0.15, 0.2) is 42.5 Å². The van der Waals surface area contributed by atoms with Crippen molar-refractivity contribution in [1.29, 1.82) is 0 Å². The highest BCUT2D eigenvalue weighted by Crippen LogP contribution is 2.21. The summed E-state index contributed by atoms with van der Waals surface area (Å²) in [6.07, 6.45) is 0.834. The van der Waals surface area contributed by atoms with E-state index in [1.54, 1.807) is 4.90 Å². The molecule has 0 atom stereocenters. The molecule has 0 aromatic heterocycles. The van der Waals surface area contributed by atoms with Gasteiger partial charge in [0.2, 0.25) is 0 Å². The van der Waals surface area contributed by atoms with Crippen molar-refractivity contribution in [2.45, 2.75) is 19.5 Å². The van der Waals surface area contributed by atoms with Crippen molar-refractivity contribution in [3.63, 3.8) is 0 Å². The molecule has 3 rings (SSSR count). The van der Waals surface area contributed by atoms with Crippen LogP contribution >= 0.6 is 0 Å². The molecule has 2 aromatic carbocycles. The maximum absolute atomic E-state index is 13.5. The molecule has 3 nitrogen and oxygen atoms in total. The lowest BCUT2D eigenvalue weighted by Crippen LogP contribution is -2.37. The van der Waals surface area contributed by atoms with Crippen molar-refractivity contribution in [3.8, 4) is 0 Å². The third-order valence-corrected chi connectivity index (χ3v) is 3.81. The fourth-order valence-electron chi connectivity index (χ4n) is 2.77. The number of hydrogen-bond acceptors (Lipinski definition) is 2. The van der Waals surface area contributed by atoms with Gasteiger partial charge in [0, 0.05) is 25.2 Å². The number of hydrogen-bond donors (Lipinski definition) is 1. The number of nitrogens with zero attached hydrogens (tertiary/aromatic N) is 1. The average Bonchev–Trinajstić information content (AvgIpc) is 2.50. The van der Waals surface area contributed by atoms with Crippen LogP contribution in [0.4, 0.5) is 4.39 Å². The molecular weight excluding hydrogens is 267 g/mol. The molecule has 1 amide bonds. The first kappa shape index (κ1) is 13.8. The number of nitrogens with two attached hydrogens (primary N) is 1. The maximum atomic E-state index is 13.5. The lowest BCUT2D eigenvalue weighted by atomic mass is 9.98. The van der Waals surface area contributed by atoms with Gasteiger partial charge in [0.15, 0.2) is 0 Å². The Bertz CT molecular complexity index is 684. The van der Waals surface area contributed by atoms with Gasteiger partial charge < -0.3 is 10.6 Å². The smallest absolute Gasteiger partial charge is 0.254 e. The number of fused-ring (bicyclic) bond motifs is 1. The van der Waals surface area contributed by atoms with E-state index >= 15 is 0 Å². The van der Waals surface area contributed by atoms with Crippen molar-refractivity contribution in [2.75, 3.05) is 6.54 Å². The van der Waals surface area contributed by atoms with Gasteiger partial charge in [0.25, 0.3) is 5.91 Å². The largest absolute Gasteiger partial charge is 0.334 e. The molecule has 21 heavy (non-hydrogen) atoms. The zero-order valence-electron chi connectivity index (χ0n) is 11.7. The summed E-state index contributed by atoms with van der Waals surface area (Å²) in [6.45, 7) is 1.36. The van der Waals surface area contributed by atoms with E-state index < -0.39 is 0 Å². The van der Waals surface area contributed by atoms with Gasteiger partial charge in [-0.15, -0.1) is 0 Å². The zero-order chi connectivity index (χ0) is 14.8. The normalized spacial score (nSPS) is 14.2. The summed E-state index contributed by atoms with van der Waals surface area (Å²) in [5.74, 6) is -0.298. The van der Waals surface area contributed by atoms with Gasteiger partial charge in [-0.2, -0.15) is 0 Å². The maximum Gasteiger partial charge on any atom is 0.254 e. The number of rotatable bonds is 3. The van der Waals surface area contributed by atoms with E-state index in [-0.39, 0.29) is 11.7 Å². The molecule has 1 aliphatic heterocycles. The van der Waals surface area contributed by atoms with Crippen LogP contribution in [0.2, 0.25) is 0 Å². The summed E-state index contributed by atoms with van der Waals surface area (Å²) in [7, 11) is 0. The zero-order valence-corrected chi connectivity index (χ0v) is 11.7. The summed E-state index contributed by atoms with van der Waals surface area (Å²) in [4.78, 5) is 14.2. The Hall–Kier alpha value is -2.20. The topological polar surface area (TPSA) is 46.3 Å². The van der Waals surface area contributed by atoms with Crippen molar-refractivity contribution in [3.05, 3.63) is 70.5 Å². The van der Waals surface area contributed by atoms with Crippen LogP contribution in [0.1, 0.15) is 27.0 Å². The van der Waals surface area contributed by atoms with Crippen molar-refractivity contribution < 1.29 is 9.18 Å². The van der Waals surface area contributed by atoms with E-state index in [1.165, 1.54) is 12.1 Å². The molecule has 0 fully saturated rings. The van der Waals surface area contributed by atoms with Gasteiger partial charge in [-0.1, -0.05) is 24.3 Å². The SMILES string of the molecule is NCc1cc(F)cc(CN2CCc3ccccc3C2=O)c1. The summed E-state index contributed by atoms with van der Waals surface area (Å²) in [5.41, 5.74) is 8.92. The van der Waals surface area contributed by atoms with Crippen molar-refractivity contribution in [2.24, 2.45) is 5.73 Å². The number of benzene rings is 2. The summed E-state index contributed by atoms with van der Waals surface area (Å²) in [5, 5.41) is 0. The van der Waals surface area contributed by atoms with Crippen LogP contribution in [0.3, 0.4) is 0 Å². The van der Waals surface area contributed by atoms with E-state index in [2.05, 4.69) is 0 Å². The van der Waals surface area contributed by atoms with Gasteiger partial charge in [0.1, 0.15) is 5.82 Å². The minimum atomic E-state index is -0.308. The summed E-state index contributed by atoms with van der Waals surface area (Å²) in [6, 6.07) is 12.4.